The zero-order valence-electron chi connectivity index (χ0n) is 13.5. The van der Waals surface area contributed by atoms with Gasteiger partial charge in [0.1, 0.15) is 0 Å². The Hall–Kier alpha value is -0.0800. The van der Waals surface area contributed by atoms with Crippen LogP contribution in [0.3, 0.4) is 0 Å². The summed E-state index contributed by atoms with van der Waals surface area (Å²) in [6.07, 6.45) is 8.40. The van der Waals surface area contributed by atoms with E-state index in [1.807, 2.05) is 0 Å². The molecule has 0 amide bonds. The first-order valence-electron chi connectivity index (χ1n) is 8.59. The molecule has 0 radical (unpaired) electrons. The Kier molecular flexibility index (Phi) is 5.70. The van der Waals surface area contributed by atoms with Crippen LogP contribution in [0.5, 0.6) is 0 Å². The highest BCUT2D eigenvalue weighted by atomic mass is 15.3. The average Bonchev–Trinajstić information content (AvgIpc) is 2.38. The van der Waals surface area contributed by atoms with Crippen LogP contribution in [0.4, 0.5) is 0 Å². The zero-order valence-corrected chi connectivity index (χ0v) is 13.5. The van der Waals surface area contributed by atoms with Crippen molar-refractivity contribution in [3.05, 3.63) is 0 Å². The van der Waals surface area contributed by atoms with Gasteiger partial charge in [-0.1, -0.05) is 40.5 Å². The molecule has 0 aromatic carbocycles. The van der Waals surface area contributed by atoms with E-state index >= 15 is 0 Å². The van der Waals surface area contributed by atoms with Crippen molar-refractivity contribution in [2.24, 2.45) is 11.8 Å². The summed E-state index contributed by atoms with van der Waals surface area (Å²) in [5, 5.41) is 3.79. The second-order valence-corrected chi connectivity index (χ2v) is 7.42. The van der Waals surface area contributed by atoms with Gasteiger partial charge in [-0.25, -0.2) is 0 Å². The van der Waals surface area contributed by atoms with Crippen molar-refractivity contribution in [2.45, 2.75) is 84.3 Å². The van der Waals surface area contributed by atoms with Crippen molar-refractivity contribution < 1.29 is 0 Å². The first-order valence-corrected chi connectivity index (χ1v) is 8.59. The van der Waals surface area contributed by atoms with E-state index in [2.05, 4.69) is 37.9 Å². The van der Waals surface area contributed by atoms with Crippen molar-refractivity contribution in [1.82, 2.24) is 10.2 Å². The Bertz CT molecular complexity index is 264. The van der Waals surface area contributed by atoms with E-state index in [1.54, 1.807) is 0 Å². The van der Waals surface area contributed by atoms with E-state index in [9.17, 15) is 0 Å². The minimum Gasteiger partial charge on any atom is -0.311 e. The van der Waals surface area contributed by atoms with E-state index in [0.29, 0.717) is 0 Å². The fourth-order valence-electron chi connectivity index (χ4n) is 4.14. The number of rotatable bonds is 4. The molecule has 2 nitrogen and oxygen atoms in total. The predicted molar refractivity (Wildman–Crippen MR) is 83.5 cm³/mol. The summed E-state index contributed by atoms with van der Waals surface area (Å²) in [6, 6.07) is 2.37. The molecule has 0 spiro atoms. The van der Waals surface area contributed by atoms with Gasteiger partial charge in [-0.05, 0) is 37.5 Å². The summed E-state index contributed by atoms with van der Waals surface area (Å²) in [4.78, 5) is 2.87. The molecule has 0 aromatic heterocycles. The van der Waals surface area contributed by atoms with Crippen molar-refractivity contribution in [1.29, 1.82) is 0 Å². The highest BCUT2D eigenvalue weighted by Crippen LogP contribution is 2.30. The molecule has 2 fully saturated rings. The topological polar surface area (TPSA) is 15.3 Å². The molecular weight excluding hydrogens is 232 g/mol. The van der Waals surface area contributed by atoms with E-state index in [4.69, 9.17) is 0 Å². The Balaban J connectivity index is 1.96. The average molecular weight is 266 g/mol. The zero-order chi connectivity index (χ0) is 13.8. The molecule has 1 heterocycles. The summed E-state index contributed by atoms with van der Waals surface area (Å²) in [5.41, 5.74) is 0. The Morgan fingerprint density at radius 3 is 2.68 bits per heavy atom. The van der Waals surface area contributed by atoms with Crippen LogP contribution < -0.4 is 5.32 Å². The van der Waals surface area contributed by atoms with E-state index in [-0.39, 0.29) is 0 Å². The minimum atomic E-state index is 0.722. The second-order valence-electron chi connectivity index (χ2n) is 7.42. The van der Waals surface area contributed by atoms with Gasteiger partial charge >= 0.3 is 0 Å². The fourth-order valence-corrected chi connectivity index (χ4v) is 4.14. The van der Waals surface area contributed by atoms with Crippen molar-refractivity contribution in [3.63, 3.8) is 0 Å². The number of nitrogens with one attached hydrogen (secondary N) is 1. The highest BCUT2D eigenvalue weighted by molar-refractivity contribution is 4.91. The molecule has 4 atom stereocenters. The third-order valence-corrected chi connectivity index (χ3v) is 5.15. The molecule has 2 aliphatic rings. The van der Waals surface area contributed by atoms with Crippen LogP contribution in [0.1, 0.15) is 66.2 Å². The Morgan fingerprint density at radius 2 is 2.05 bits per heavy atom. The summed E-state index contributed by atoms with van der Waals surface area (Å²) < 4.78 is 0. The lowest BCUT2D eigenvalue weighted by Crippen LogP contribution is -2.60. The van der Waals surface area contributed by atoms with Crippen LogP contribution >= 0.6 is 0 Å². The number of hydrogen-bond donors (Lipinski definition) is 1. The number of hydrogen-bond acceptors (Lipinski definition) is 2. The van der Waals surface area contributed by atoms with Crippen molar-refractivity contribution in [2.75, 3.05) is 13.1 Å². The molecule has 2 heteroatoms. The van der Waals surface area contributed by atoms with Crippen LogP contribution in [-0.2, 0) is 0 Å². The van der Waals surface area contributed by atoms with Gasteiger partial charge in [-0.3, -0.25) is 4.90 Å². The Morgan fingerprint density at radius 1 is 1.26 bits per heavy atom. The van der Waals surface area contributed by atoms with Gasteiger partial charge < -0.3 is 5.32 Å². The number of piperazine rings is 1. The molecule has 1 N–H and O–H groups in total. The minimum absolute atomic E-state index is 0.722. The maximum atomic E-state index is 3.79. The molecule has 1 saturated heterocycles. The molecule has 4 unspecified atom stereocenters. The lowest BCUT2D eigenvalue weighted by molar-refractivity contribution is 0.0453. The monoisotopic (exact) mass is 266 g/mol. The molecule has 1 saturated carbocycles. The summed E-state index contributed by atoms with van der Waals surface area (Å²) in [6.45, 7) is 12.0. The molecular formula is C17H34N2. The quantitative estimate of drug-likeness (QED) is 0.835. The molecule has 0 bridgehead atoms. The molecule has 1 aliphatic heterocycles. The first kappa shape index (κ1) is 15.3. The normalized spacial score (nSPS) is 37.7. The lowest BCUT2D eigenvalue weighted by atomic mass is 9.84. The van der Waals surface area contributed by atoms with Crippen LogP contribution in [0.2, 0.25) is 0 Å². The van der Waals surface area contributed by atoms with Crippen LogP contribution in [-0.4, -0.2) is 36.1 Å². The van der Waals surface area contributed by atoms with Crippen molar-refractivity contribution in [3.8, 4) is 0 Å². The summed E-state index contributed by atoms with van der Waals surface area (Å²) in [5.74, 6) is 1.75. The van der Waals surface area contributed by atoms with Gasteiger partial charge in [0.05, 0.1) is 0 Å². The van der Waals surface area contributed by atoms with E-state index in [0.717, 1.165) is 30.0 Å². The largest absolute Gasteiger partial charge is 0.311 e. The predicted octanol–water partition coefficient (Wildman–Crippen LogP) is 3.66. The fraction of sp³-hybridized carbons (Fsp3) is 1.00. The summed E-state index contributed by atoms with van der Waals surface area (Å²) in [7, 11) is 0. The number of nitrogens with zero attached hydrogens (tertiary/aromatic N) is 1. The third-order valence-electron chi connectivity index (χ3n) is 5.15. The smallest absolute Gasteiger partial charge is 0.0221 e. The molecule has 1 aliphatic carbocycles. The van der Waals surface area contributed by atoms with E-state index < -0.39 is 0 Å². The molecule has 2 rings (SSSR count). The van der Waals surface area contributed by atoms with Gasteiger partial charge in [0.15, 0.2) is 0 Å². The Labute approximate surface area is 120 Å². The van der Waals surface area contributed by atoms with Gasteiger partial charge in [0.2, 0.25) is 0 Å². The molecule has 112 valence electrons. The van der Waals surface area contributed by atoms with Crippen LogP contribution in [0.25, 0.3) is 0 Å². The maximum Gasteiger partial charge on any atom is 0.0221 e. The third kappa shape index (κ3) is 4.19. The van der Waals surface area contributed by atoms with Crippen LogP contribution in [0.15, 0.2) is 0 Å². The second kappa shape index (κ2) is 7.08. The standard InChI is InChI=1S/C17H34N2/c1-5-16-11-18-15(9-13(2)3)12-19(16)17-8-6-7-14(4)10-17/h13-18H,5-12H2,1-4H3. The van der Waals surface area contributed by atoms with Gasteiger partial charge in [0, 0.05) is 31.2 Å². The first-order chi connectivity index (χ1) is 9.10. The van der Waals surface area contributed by atoms with E-state index in [1.165, 1.54) is 51.6 Å². The van der Waals surface area contributed by atoms with Gasteiger partial charge in [-0.2, -0.15) is 0 Å². The molecule has 19 heavy (non-hydrogen) atoms. The van der Waals surface area contributed by atoms with Crippen molar-refractivity contribution >= 4 is 0 Å². The molecule has 0 aromatic rings. The lowest BCUT2D eigenvalue weighted by Gasteiger charge is -2.47. The summed E-state index contributed by atoms with van der Waals surface area (Å²) >= 11 is 0. The van der Waals surface area contributed by atoms with Crippen LogP contribution in [0, 0.1) is 11.8 Å². The van der Waals surface area contributed by atoms with Gasteiger partial charge in [-0.15, -0.1) is 0 Å². The highest BCUT2D eigenvalue weighted by Gasteiger charge is 2.33. The van der Waals surface area contributed by atoms with Gasteiger partial charge in [0.25, 0.3) is 0 Å². The SMILES string of the molecule is CCC1CNC(CC(C)C)CN1C1CCCC(C)C1. The maximum absolute atomic E-state index is 3.79.